The fourth-order valence-corrected chi connectivity index (χ4v) is 3.10. The third-order valence-electron chi connectivity index (χ3n) is 4.19. The van der Waals surface area contributed by atoms with Gasteiger partial charge in [-0.2, -0.15) is 0 Å². The molecular formula is C19H18ClNO6. The summed E-state index contributed by atoms with van der Waals surface area (Å²) in [5.74, 6) is -1.82. The quantitative estimate of drug-likeness (QED) is 0.529. The van der Waals surface area contributed by atoms with Crippen LogP contribution in [0.25, 0.3) is 0 Å². The molecule has 1 aliphatic heterocycles. The van der Waals surface area contributed by atoms with Gasteiger partial charge in [0.1, 0.15) is 0 Å². The number of halogens is 1. The molecule has 1 amide bonds. The number of ketones is 1. The van der Waals surface area contributed by atoms with E-state index in [-0.39, 0.29) is 37.7 Å². The van der Waals surface area contributed by atoms with Crippen molar-refractivity contribution in [3.05, 3.63) is 70.3 Å². The summed E-state index contributed by atoms with van der Waals surface area (Å²) in [6.45, 7) is 0.266. The fraction of sp³-hybridized carbons (Fsp3) is 0.263. The molecular weight excluding hydrogens is 374 g/mol. The summed E-state index contributed by atoms with van der Waals surface area (Å²) in [5, 5.41) is 19.7. The van der Waals surface area contributed by atoms with Crippen LogP contribution in [0.2, 0.25) is 5.02 Å². The van der Waals surface area contributed by atoms with Crippen molar-refractivity contribution in [1.29, 1.82) is 0 Å². The molecule has 0 fully saturated rings. The zero-order valence-corrected chi connectivity index (χ0v) is 15.1. The number of amides is 1. The number of aliphatic hydroxyl groups excluding tert-OH is 2. The summed E-state index contributed by atoms with van der Waals surface area (Å²) in [5.41, 5.74) is 0.563. The largest absolute Gasteiger partial charge is 0.503 e. The second-order valence-corrected chi connectivity index (χ2v) is 6.29. The highest BCUT2D eigenvalue weighted by Gasteiger charge is 2.44. The summed E-state index contributed by atoms with van der Waals surface area (Å²) in [6.07, 6.45) is 1.35. The van der Waals surface area contributed by atoms with E-state index in [1.165, 1.54) is 17.2 Å². The van der Waals surface area contributed by atoms with Crippen LogP contribution in [0.4, 0.5) is 0 Å². The number of Topliss-reactive ketones (excluding diaryl/α,β-unsaturated/α-hetero) is 1. The van der Waals surface area contributed by atoms with Crippen molar-refractivity contribution in [3.8, 4) is 0 Å². The summed E-state index contributed by atoms with van der Waals surface area (Å²) in [7, 11) is 0. The maximum atomic E-state index is 12.9. The van der Waals surface area contributed by atoms with Gasteiger partial charge in [-0.3, -0.25) is 9.59 Å². The maximum absolute atomic E-state index is 12.9. The van der Waals surface area contributed by atoms with Crippen LogP contribution in [0.1, 0.15) is 22.2 Å². The molecule has 1 aromatic carbocycles. The third kappa shape index (κ3) is 3.90. The highest BCUT2D eigenvalue weighted by atomic mass is 35.5. The number of aliphatic hydroxyl groups is 2. The molecule has 2 N–H and O–H groups in total. The number of nitrogens with zero attached hydrogens (tertiary/aromatic N) is 1. The number of benzene rings is 1. The first kappa shape index (κ1) is 19.2. The van der Waals surface area contributed by atoms with E-state index in [1.54, 1.807) is 30.3 Å². The zero-order chi connectivity index (χ0) is 19.4. The van der Waals surface area contributed by atoms with Gasteiger partial charge in [0, 0.05) is 11.6 Å². The lowest BCUT2D eigenvalue weighted by Gasteiger charge is -2.26. The van der Waals surface area contributed by atoms with Gasteiger partial charge in [-0.25, -0.2) is 0 Å². The predicted octanol–water partition coefficient (Wildman–Crippen LogP) is 2.52. The van der Waals surface area contributed by atoms with Gasteiger partial charge < -0.3 is 24.3 Å². The Hall–Kier alpha value is -2.61. The van der Waals surface area contributed by atoms with Crippen LogP contribution in [-0.4, -0.2) is 53.2 Å². The Morgan fingerprint density at radius 3 is 2.59 bits per heavy atom. The van der Waals surface area contributed by atoms with Crippen LogP contribution in [0.15, 0.2) is 58.4 Å². The second kappa shape index (κ2) is 8.39. The standard InChI is InChI=1S/C19H18ClNO6/c20-13-5-3-12(4-6-13)16-15(17(23)14-2-1-9-27-14)18(24)19(25)21(16)7-10-26-11-8-22/h1-6,9,16,22,24H,7-8,10-11H2/t16-/m0/s1. The van der Waals surface area contributed by atoms with Gasteiger partial charge in [0.05, 0.1) is 37.7 Å². The molecule has 3 rings (SSSR count). The number of hydrogen-bond acceptors (Lipinski definition) is 6. The van der Waals surface area contributed by atoms with E-state index < -0.39 is 23.5 Å². The van der Waals surface area contributed by atoms with Crippen molar-refractivity contribution >= 4 is 23.3 Å². The molecule has 7 nitrogen and oxygen atoms in total. The Balaban J connectivity index is 1.96. The molecule has 0 bridgehead atoms. The van der Waals surface area contributed by atoms with E-state index in [9.17, 15) is 14.7 Å². The molecule has 1 atom stereocenters. The van der Waals surface area contributed by atoms with Crippen LogP contribution >= 0.6 is 11.6 Å². The number of hydrogen-bond donors (Lipinski definition) is 2. The van der Waals surface area contributed by atoms with Gasteiger partial charge in [0.25, 0.3) is 5.91 Å². The predicted molar refractivity (Wildman–Crippen MR) is 96.5 cm³/mol. The van der Waals surface area contributed by atoms with E-state index in [0.717, 1.165) is 0 Å². The Morgan fingerprint density at radius 1 is 1.22 bits per heavy atom. The molecule has 142 valence electrons. The van der Waals surface area contributed by atoms with Gasteiger partial charge in [-0.05, 0) is 29.8 Å². The van der Waals surface area contributed by atoms with Crippen LogP contribution in [0.3, 0.4) is 0 Å². The molecule has 1 aromatic heterocycles. The van der Waals surface area contributed by atoms with Crippen molar-refractivity contribution in [3.63, 3.8) is 0 Å². The first-order valence-electron chi connectivity index (χ1n) is 8.31. The first-order chi connectivity index (χ1) is 13.0. The van der Waals surface area contributed by atoms with Crippen molar-refractivity contribution in [2.75, 3.05) is 26.4 Å². The van der Waals surface area contributed by atoms with Crippen molar-refractivity contribution < 1.29 is 29.0 Å². The van der Waals surface area contributed by atoms with Gasteiger partial charge in [-0.1, -0.05) is 23.7 Å². The average Bonchev–Trinajstić information content (AvgIpc) is 3.28. The number of furan rings is 1. The smallest absolute Gasteiger partial charge is 0.290 e. The van der Waals surface area contributed by atoms with Crippen LogP contribution in [0, 0.1) is 0 Å². The van der Waals surface area contributed by atoms with Gasteiger partial charge >= 0.3 is 0 Å². The molecule has 27 heavy (non-hydrogen) atoms. The SMILES string of the molecule is O=C(C1=C(O)C(=O)N(CCOCCO)[C@H]1c1ccc(Cl)cc1)c1ccco1. The van der Waals surface area contributed by atoms with Gasteiger partial charge in [-0.15, -0.1) is 0 Å². The summed E-state index contributed by atoms with van der Waals surface area (Å²) in [4.78, 5) is 26.8. The first-order valence-corrected chi connectivity index (χ1v) is 8.68. The Labute approximate surface area is 160 Å². The molecule has 0 spiro atoms. The molecule has 0 unspecified atom stereocenters. The van der Waals surface area contributed by atoms with Gasteiger partial charge in [0.2, 0.25) is 5.78 Å². The van der Waals surface area contributed by atoms with E-state index in [2.05, 4.69) is 0 Å². The Morgan fingerprint density at radius 2 is 1.96 bits per heavy atom. The summed E-state index contributed by atoms with van der Waals surface area (Å²) in [6, 6.07) is 8.90. The minimum atomic E-state index is -0.801. The zero-order valence-electron chi connectivity index (χ0n) is 14.3. The highest BCUT2D eigenvalue weighted by molar-refractivity contribution is 6.30. The topological polar surface area (TPSA) is 100 Å². The minimum Gasteiger partial charge on any atom is -0.503 e. The Bertz CT molecular complexity index is 844. The molecule has 0 radical (unpaired) electrons. The van der Waals surface area contributed by atoms with E-state index in [4.69, 9.17) is 25.9 Å². The summed E-state index contributed by atoms with van der Waals surface area (Å²) >= 11 is 5.94. The normalized spacial score (nSPS) is 17.0. The minimum absolute atomic E-state index is 0.0293. The van der Waals surface area contributed by atoms with E-state index in [0.29, 0.717) is 10.6 Å². The van der Waals surface area contributed by atoms with Gasteiger partial charge in [0.15, 0.2) is 11.5 Å². The highest BCUT2D eigenvalue weighted by Crippen LogP contribution is 2.39. The number of ether oxygens (including phenoxy) is 1. The van der Waals surface area contributed by atoms with Crippen LogP contribution < -0.4 is 0 Å². The number of carbonyl (C=O) groups excluding carboxylic acids is 2. The molecule has 2 aromatic rings. The fourth-order valence-electron chi connectivity index (χ4n) is 2.98. The lowest BCUT2D eigenvalue weighted by Crippen LogP contribution is -2.34. The number of rotatable bonds is 8. The number of carbonyl (C=O) groups is 2. The van der Waals surface area contributed by atoms with Crippen molar-refractivity contribution in [2.45, 2.75) is 6.04 Å². The van der Waals surface area contributed by atoms with E-state index in [1.807, 2.05) is 0 Å². The molecule has 0 saturated heterocycles. The second-order valence-electron chi connectivity index (χ2n) is 5.86. The summed E-state index contributed by atoms with van der Waals surface area (Å²) < 4.78 is 10.4. The van der Waals surface area contributed by atoms with Crippen LogP contribution in [-0.2, 0) is 9.53 Å². The van der Waals surface area contributed by atoms with Crippen LogP contribution in [0.5, 0.6) is 0 Å². The Kier molecular flexibility index (Phi) is 5.95. The molecule has 0 aliphatic carbocycles. The molecule has 2 heterocycles. The molecule has 8 heteroatoms. The monoisotopic (exact) mass is 391 g/mol. The lowest BCUT2D eigenvalue weighted by atomic mass is 9.95. The molecule has 1 aliphatic rings. The molecule has 0 saturated carbocycles. The van der Waals surface area contributed by atoms with E-state index >= 15 is 0 Å². The van der Waals surface area contributed by atoms with Crippen molar-refractivity contribution in [2.24, 2.45) is 0 Å². The lowest BCUT2D eigenvalue weighted by molar-refractivity contribution is -0.130. The third-order valence-corrected chi connectivity index (χ3v) is 4.44. The average molecular weight is 392 g/mol. The maximum Gasteiger partial charge on any atom is 0.290 e. The van der Waals surface area contributed by atoms with Crippen molar-refractivity contribution in [1.82, 2.24) is 4.90 Å².